The standard InChI is InChI=1S/C11H18N2O4/c1-6-2-3-12-9(6)10(14)13-8-5-17-4-7(8)11(15)16/h6-9,12H,2-5H2,1H3,(H,13,14)(H,15,16). The Kier molecular flexibility index (Phi) is 3.63. The van der Waals surface area contributed by atoms with Gasteiger partial charge >= 0.3 is 5.97 Å². The Hall–Kier alpha value is -1.14. The van der Waals surface area contributed by atoms with Crippen molar-refractivity contribution in [2.75, 3.05) is 19.8 Å². The molecule has 0 spiro atoms. The molecule has 3 N–H and O–H groups in total. The largest absolute Gasteiger partial charge is 0.481 e. The fourth-order valence-corrected chi connectivity index (χ4v) is 2.40. The number of nitrogens with one attached hydrogen (secondary N) is 2. The van der Waals surface area contributed by atoms with E-state index in [1.54, 1.807) is 0 Å². The molecule has 4 atom stereocenters. The first-order valence-corrected chi connectivity index (χ1v) is 5.94. The van der Waals surface area contributed by atoms with Crippen molar-refractivity contribution in [2.24, 2.45) is 11.8 Å². The molecule has 0 aromatic heterocycles. The van der Waals surface area contributed by atoms with Gasteiger partial charge in [-0.2, -0.15) is 0 Å². The van der Waals surface area contributed by atoms with Gasteiger partial charge in [0.05, 0.1) is 25.3 Å². The number of aliphatic carboxylic acids is 1. The number of rotatable bonds is 3. The highest BCUT2D eigenvalue weighted by atomic mass is 16.5. The molecule has 6 heteroatoms. The van der Waals surface area contributed by atoms with Gasteiger partial charge in [-0.15, -0.1) is 0 Å². The van der Waals surface area contributed by atoms with Crippen molar-refractivity contribution in [1.29, 1.82) is 0 Å². The monoisotopic (exact) mass is 242 g/mol. The number of carbonyl (C=O) groups is 2. The molecular formula is C11H18N2O4. The van der Waals surface area contributed by atoms with E-state index in [1.165, 1.54) is 0 Å². The van der Waals surface area contributed by atoms with Crippen LogP contribution in [0, 0.1) is 11.8 Å². The van der Waals surface area contributed by atoms with Crippen molar-refractivity contribution in [3.8, 4) is 0 Å². The van der Waals surface area contributed by atoms with Gasteiger partial charge in [0.1, 0.15) is 5.92 Å². The van der Waals surface area contributed by atoms with Gasteiger partial charge < -0.3 is 20.5 Å². The van der Waals surface area contributed by atoms with Crippen LogP contribution in [-0.2, 0) is 14.3 Å². The molecule has 0 bridgehead atoms. The highest BCUT2D eigenvalue weighted by molar-refractivity contribution is 5.83. The molecule has 0 radical (unpaired) electrons. The molecule has 2 aliphatic heterocycles. The molecule has 0 aromatic carbocycles. The number of amides is 1. The molecule has 2 aliphatic rings. The van der Waals surface area contributed by atoms with Gasteiger partial charge in [0.2, 0.25) is 5.91 Å². The number of carboxylic acids is 1. The fraction of sp³-hybridized carbons (Fsp3) is 0.818. The van der Waals surface area contributed by atoms with Crippen LogP contribution in [0.25, 0.3) is 0 Å². The number of ether oxygens (including phenoxy) is 1. The summed E-state index contributed by atoms with van der Waals surface area (Å²) in [7, 11) is 0. The van der Waals surface area contributed by atoms with Crippen LogP contribution in [0.4, 0.5) is 0 Å². The average Bonchev–Trinajstić information content (AvgIpc) is 2.86. The third-order valence-electron chi connectivity index (χ3n) is 3.54. The van der Waals surface area contributed by atoms with Crippen LogP contribution >= 0.6 is 0 Å². The SMILES string of the molecule is CC1CCNC1C(=O)NC1COCC1C(=O)O. The van der Waals surface area contributed by atoms with Crippen LogP contribution in [0.5, 0.6) is 0 Å². The van der Waals surface area contributed by atoms with E-state index in [0.29, 0.717) is 5.92 Å². The molecule has 4 unspecified atom stereocenters. The summed E-state index contributed by atoms with van der Waals surface area (Å²) in [5.74, 6) is -1.37. The molecule has 0 aromatic rings. The summed E-state index contributed by atoms with van der Waals surface area (Å²) < 4.78 is 5.11. The van der Waals surface area contributed by atoms with Crippen LogP contribution in [0.1, 0.15) is 13.3 Å². The predicted octanol–water partition coefficient (Wildman–Crippen LogP) is -0.800. The second-order valence-corrected chi connectivity index (χ2v) is 4.80. The van der Waals surface area contributed by atoms with Gasteiger partial charge in [-0.05, 0) is 18.9 Å². The summed E-state index contributed by atoms with van der Waals surface area (Å²) in [5.41, 5.74) is 0. The Morgan fingerprint density at radius 1 is 1.41 bits per heavy atom. The molecule has 2 heterocycles. The van der Waals surface area contributed by atoms with Crippen molar-refractivity contribution in [2.45, 2.75) is 25.4 Å². The molecular weight excluding hydrogens is 224 g/mol. The van der Waals surface area contributed by atoms with E-state index in [0.717, 1.165) is 13.0 Å². The summed E-state index contributed by atoms with van der Waals surface area (Å²) in [5, 5.41) is 14.9. The van der Waals surface area contributed by atoms with Gasteiger partial charge in [-0.3, -0.25) is 9.59 Å². The Morgan fingerprint density at radius 3 is 2.76 bits per heavy atom. The van der Waals surface area contributed by atoms with E-state index >= 15 is 0 Å². The minimum atomic E-state index is -0.916. The maximum absolute atomic E-state index is 12.0. The lowest BCUT2D eigenvalue weighted by Crippen LogP contribution is -2.50. The van der Waals surface area contributed by atoms with Crippen molar-refractivity contribution in [1.82, 2.24) is 10.6 Å². The third-order valence-corrected chi connectivity index (χ3v) is 3.54. The minimum Gasteiger partial charge on any atom is -0.481 e. The fourth-order valence-electron chi connectivity index (χ4n) is 2.40. The van der Waals surface area contributed by atoms with Crippen molar-refractivity contribution in [3.05, 3.63) is 0 Å². The molecule has 0 saturated carbocycles. The third kappa shape index (κ3) is 2.58. The minimum absolute atomic E-state index is 0.114. The Morgan fingerprint density at radius 2 is 2.18 bits per heavy atom. The van der Waals surface area contributed by atoms with Crippen molar-refractivity contribution >= 4 is 11.9 Å². The van der Waals surface area contributed by atoms with E-state index in [2.05, 4.69) is 10.6 Å². The van der Waals surface area contributed by atoms with E-state index in [9.17, 15) is 9.59 Å². The lowest BCUT2D eigenvalue weighted by molar-refractivity contribution is -0.142. The summed E-state index contributed by atoms with van der Waals surface area (Å²) in [6.07, 6.45) is 0.974. The van der Waals surface area contributed by atoms with E-state index in [1.807, 2.05) is 6.92 Å². The number of carboxylic acid groups (broad SMARTS) is 1. The molecule has 2 rings (SSSR count). The lowest BCUT2D eigenvalue weighted by atomic mass is 10.0. The number of hydrogen-bond acceptors (Lipinski definition) is 4. The van der Waals surface area contributed by atoms with Crippen LogP contribution in [0.2, 0.25) is 0 Å². The number of hydrogen-bond donors (Lipinski definition) is 3. The molecule has 0 aliphatic carbocycles. The molecule has 17 heavy (non-hydrogen) atoms. The Labute approximate surface area is 99.7 Å². The van der Waals surface area contributed by atoms with E-state index < -0.39 is 17.9 Å². The Balaban J connectivity index is 1.91. The van der Waals surface area contributed by atoms with Crippen LogP contribution in [0.3, 0.4) is 0 Å². The summed E-state index contributed by atoms with van der Waals surface area (Å²) in [6, 6.07) is -0.611. The zero-order valence-electron chi connectivity index (χ0n) is 9.81. The smallest absolute Gasteiger partial charge is 0.311 e. The van der Waals surface area contributed by atoms with Gasteiger partial charge in [-0.25, -0.2) is 0 Å². The summed E-state index contributed by atoms with van der Waals surface area (Å²) in [4.78, 5) is 22.9. The quantitative estimate of drug-likeness (QED) is 0.603. The normalized spacial score (nSPS) is 37.0. The van der Waals surface area contributed by atoms with Crippen LogP contribution in [0.15, 0.2) is 0 Å². The Bertz CT molecular complexity index is 321. The first-order valence-electron chi connectivity index (χ1n) is 5.94. The zero-order valence-corrected chi connectivity index (χ0v) is 9.81. The van der Waals surface area contributed by atoms with Gasteiger partial charge in [0, 0.05) is 0 Å². The number of carbonyl (C=O) groups excluding carboxylic acids is 1. The van der Waals surface area contributed by atoms with Crippen LogP contribution in [-0.4, -0.2) is 48.8 Å². The summed E-state index contributed by atoms with van der Waals surface area (Å²) in [6.45, 7) is 3.31. The van der Waals surface area contributed by atoms with Gasteiger partial charge in [0.25, 0.3) is 0 Å². The highest BCUT2D eigenvalue weighted by Crippen LogP contribution is 2.17. The second-order valence-electron chi connectivity index (χ2n) is 4.80. The van der Waals surface area contributed by atoms with E-state index in [-0.39, 0.29) is 25.2 Å². The molecule has 2 saturated heterocycles. The van der Waals surface area contributed by atoms with Gasteiger partial charge in [-0.1, -0.05) is 6.92 Å². The molecule has 96 valence electrons. The topological polar surface area (TPSA) is 87.7 Å². The first-order chi connectivity index (χ1) is 8.09. The maximum Gasteiger partial charge on any atom is 0.311 e. The van der Waals surface area contributed by atoms with E-state index in [4.69, 9.17) is 9.84 Å². The lowest BCUT2D eigenvalue weighted by Gasteiger charge is -2.20. The van der Waals surface area contributed by atoms with Gasteiger partial charge in [0.15, 0.2) is 0 Å². The first kappa shape index (κ1) is 12.3. The van der Waals surface area contributed by atoms with Crippen molar-refractivity contribution < 1.29 is 19.4 Å². The average molecular weight is 242 g/mol. The molecule has 1 amide bonds. The van der Waals surface area contributed by atoms with Crippen molar-refractivity contribution in [3.63, 3.8) is 0 Å². The summed E-state index contributed by atoms with van der Waals surface area (Å²) >= 11 is 0. The zero-order chi connectivity index (χ0) is 12.4. The maximum atomic E-state index is 12.0. The molecule has 6 nitrogen and oxygen atoms in total. The molecule has 2 fully saturated rings. The van der Waals surface area contributed by atoms with Crippen LogP contribution < -0.4 is 10.6 Å². The highest BCUT2D eigenvalue weighted by Gasteiger charge is 2.37. The second kappa shape index (κ2) is 5.01. The predicted molar refractivity (Wildman–Crippen MR) is 59.4 cm³/mol.